The molecule has 0 aromatic heterocycles. The maximum atomic E-state index is 11.2. The van der Waals surface area contributed by atoms with Crippen LogP contribution in [-0.4, -0.2) is 18.3 Å². The van der Waals surface area contributed by atoms with Crippen molar-refractivity contribution in [1.29, 1.82) is 0 Å². The smallest absolute Gasteiger partial charge is 0.298 e. The van der Waals surface area contributed by atoms with Gasteiger partial charge in [-0.05, 0) is 12.1 Å². The van der Waals surface area contributed by atoms with Gasteiger partial charge in [-0.3, -0.25) is 19.7 Å². The third kappa shape index (κ3) is 1.06. The molecule has 0 saturated heterocycles. The molecule has 0 saturated carbocycles. The summed E-state index contributed by atoms with van der Waals surface area (Å²) in [7, 11) is 0. The van der Waals surface area contributed by atoms with Crippen LogP contribution in [-0.2, 0) is 4.79 Å². The average Bonchev–Trinajstić information content (AvgIpc) is 2.44. The number of hydrogen-bond donors (Lipinski definition) is 1. The molecular weight excluding hydrogens is 186 g/mol. The molecule has 1 heterocycles. The minimum absolute atomic E-state index is 0.0980. The summed E-state index contributed by atoms with van der Waals surface area (Å²) in [5, 5.41) is 2.11. The van der Waals surface area contributed by atoms with Gasteiger partial charge in [0.1, 0.15) is 5.75 Å². The van der Waals surface area contributed by atoms with Crippen molar-refractivity contribution in [3.05, 3.63) is 29.3 Å². The van der Waals surface area contributed by atoms with Gasteiger partial charge in [0.05, 0.1) is 11.1 Å². The first-order valence-corrected chi connectivity index (χ1v) is 3.83. The van der Waals surface area contributed by atoms with Gasteiger partial charge in [0, 0.05) is 0 Å². The molecule has 1 aromatic carbocycles. The molecule has 1 N–H and O–H groups in total. The zero-order valence-electron chi connectivity index (χ0n) is 6.94. The van der Waals surface area contributed by atoms with Crippen molar-refractivity contribution in [2.75, 3.05) is 0 Å². The lowest BCUT2D eigenvalue weighted by Gasteiger charge is -2.00. The van der Waals surface area contributed by atoms with Gasteiger partial charge < -0.3 is 4.74 Å². The van der Waals surface area contributed by atoms with E-state index in [0.717, 1.165) is 0 Å². The van der Waals surface area contributed by atoms with Gasteiger partial charge in [0.2, 0.25) is 0 Å². The number of benzene rings is 1. The van der Waals surface area contributed by atoms with E-state index in [4.69, 9.17) is 0 Å². The number of amides is 2. The molecule has 0 aliphatic carbocycles. The van der Waals surface area contributed by atoms with Crippen LogP contribution in [0, 0.1) is 0 Å². The van der Waals surface area contributed by atoms with Gasteiger partial charge in [-0.15, -0.1) is 0 Å². The normalized spacial score (nSPS) is 13.4. The first-order chi connectivity index (χ1) is 6.74. The summed E-state index contributed by atoms with van der Waals surface area (Å²) in [6.45, 7) is 0.214. The fraction of sp³-hybridized carbons (Fsp3) is 0. The van der Waals surface area contributed by atoms with Crippen LogP contribution in [0.4, 0.5) is 0 Å². The standard InChI is InChI=1S/C9H5NO4/c11-4-14-6-3-1-2-5-7(6)9(13)10-8(5)12/h1-4H,(H,10,12,13). The molecule has 1 aliphatic rings. The van der Waals surface area contributed by atoms with E-state index in [1.165, 1.54) is 18.2 Å². The Morgan fingerprint density at radius 2 is 2.00 bits per heavy atom. The lowest BCUT2D eigenvalue weighted by atomic mass is 10.1. The molecule has 5 heteroatoms. The van der Waals surface area contributed by atoms with Gasteiger partial charge in [0.25, 0.3) is 18.3 Å². The Kier molecular flexibility index (Phi) is 1.78. The SMILES string of the molecule is O=COc1cccc2c1C(=O)NC2=O. The zero-order valence-corrected chi connectivity index (χ0v) is 6.94. The van der Waals surface area contributed by atoms with Crippen molar-refractivity contribution in [2.45, 2.75) is 0 Å². The number of nitrogens with one attached hydrogen (secondary N) is 1. The van der Waals surface area contributed by atoms with Crippen LogP contribution in [0.1, 0.15) is 20.7 Å². The minimum Gasteiger partial charge on any atom is -0.428 e. The minimum atomic E-state index is -0.539. The molecule has 1 aromatic rings. The maximum absolute atomic E-state index is 11.2. The molecule has 2 amide bonds. The summed E-state index contributed by atoms with van der Waals surface area (Å²) in [5.41, 5.74) is 0.346. The number of imide groups is 1. The highest BCUT2D eigenvalue weighted by Crippen LogP contribution is 2.25. The van der Waals surface area contributed by atoms with Crippen LogP contribution in [0.5, 0.6) is 5.75 Å². The van der Waals surface area contributed by atoms with E-state index in [9.17, 15) is 14.4 Å². The Morgan fingerprint density at radius 1 is 1.21 bits per heavy atom. The summed E-state index contributed by atoms with van der Waals surface area (Å²) in [6, 6.07) is 4.48. The van der Waals surface area contributed by atoms with Crippen LogP contribution in [0.25, 0.3) is 0 Å². The van der Waals surface area contributed by atoms with Crippen molar-refractivity contribution >= 4 is 18.3 Å². The molecule has 0 fully saturated rings. The first-order valence-electron chi connectivity index (χ1n) is 3.83. The summed E-state index contributed by atoms with van der Waals surface area (Å²) < 4.78 is 4.57. The van der Waals surface area contributed by atoms with Crippen LogP contribution < -0.4 is 10.1 Å². The van der Waals surface area contributed by atoms with Crippen molar-refractivity contribution in [3.63, 3.8) is 0 Å². The summed E-state index contributed by atoms with van der Waals surface area (Å²) >= 11 is 0. The van der Waals surface area contributed by atoms with E-state index >= 15 is 0 Å². The molecule has 14 heavy (non-hydrogen) atoms. The zero-order chi connectivity index (χ0) is 10.1. The molecule has 5 nitrogen and oxygen atoms in total. The van der Waals surface area contributed by atoms with Crippen LogP contribution in [0.15, 0.2) is 18.2 Å². The number of rotatable bonds is 2. The lowest BCUT2D eigenvalue weighted by Crippen LogP contribution is -2.20. The summed E-state index contributed by atoms with van der Waals surface area (Å²) in [6.07, 6.45) is 0. The second kappa shape index (κ2) is 2.95. The van der Waals surface area contributed by atoms with E-state index in [1.54, 1.807) is 0 Å². The summed E-state index contributed by atoms with van der Waals surface area (Å²) in [5.74, 6) is -0.912. The number of hydrogen-bond acceptors (Lipinski definition) is 4. The highest BCUT2D eigenvalue weighted by atomic mass is 16.5. The quantitative estimate of drug-likeness (QED) is 0.531. The van der Waals surface area contributed by atoms with Crippen molar-refractivity contribution in [3.8, 4) is 5.75 Å². The topological polar surface area (TPSA) is 72.5 Å². The second-order valence-corrected chi connectivity index (χ2v) is 2.68. The molecule has 0 radical (unpaired) electrons. The molecule has 70 valence electrons. The van der Waals surface area contributed by atoms with E-state index in [-0.39, 0.29) is 23.3 Å². The Labute approximate surface area is 78.7 Å². The maximum Gasteiger partial charge on any atom is 0.298 e. The third-order valence-corrected chi connectivity index (χ3v) is 1.90. The van der Waals surface area contributed by atoms with Crippen LogP contribution >= 0.6 is 0 Å². The Balaban J connectivity index is 2.61. The predicted molar refractivity (Wildman–Crippen MR) is 44.9 cm³/mol. The number of fused-ring (bicyclic) bond motifs is 1. The van der Waals surface area contributed by atoms with Crippen molar-refractivity contribution in [2.24, 2.45) is 0 Å². The Hall–Kier alpha value is -2.17. The fourth-order valence-electron chi connectivity index (χ4n) is 1.34. The average molecular weight is 191 g/mol. The van der Waals surface area contributed by atoms with E-state index in [1.807, 2.05) is 0 Å². The fourth-order valence-corrected chi connectivity index (χ4v) is 1.34. The third-order valence-electron chi connectivity index (χ3n) is 1.90. The van der Waals surface area contributed by atoms with Gasteiger partial charge in [-0.1, -0.05) is 6.07 Å². The predicted octanol–water partition coefficient (Wildman–Crippen LogP) is 0.105. The molecule has 2 rings (SSSR count). The number of carbonyl (C=O) groups excluding carboxylic acids is 3. The lowest BCUT2D eigenvalue weighted by molar-refractivity contribution is -0.120. The second-order valence-electron chi connectivity index (χ2n) is 2.68. The molecule has 0 spiro atoms. The van der Waals surface area contributed by atoms with Crippen molar-refractivity contribution < 1.29 is 19.1 Å². The first kappa shape index (κ1) is 8.43. The molecule has 0 bridgehead atoms. The van der Waals surface area contributed by atoms with Gasteiger partial charge in [-0.2, -0.15) is 0 Å². The van der Waals surface area contributed by atoms with Gasteiger partial charge >= 0.3 is 0 Å². The Morgan fingerprint density at radius 3 is 2.71 bits per heavy atom. The van der Waals surface area contributed by atoms with Crippen molar-refractivity contribution in [1.82, 2.24) is 5.32 Å². The monoisotopic (exact) mass is 191 g/mol. The van der Waals surface area contributed by atoms with E-state index < -0.39 is 11.8 Å². The highest BCUT2D eigenvalue weighted by molar-refractivity contribution is 6.22. The molecule has 0 atom stereocenters. The Bertz CT molecular complexity index is 438. The molecular formula is C9H5NO4. The summed E-state index contributed by atoms with van der Waals surface area (Å²) in [4.78, 5) is 32.5. The van der Waals surface area contributed by atoms with Gasteiger partial charge in [0.15, 0.2) is 0 Å². The number of carbonyl (C=O) groups is 3. The van der Waals surface area contributed by atoms with Gasteiger partial charge in [-0.25, -0.2) is 0 Å². The molecule has 0 unspecified atom stereocenters. The van der Waals surface area contributed by atoms with E-state index in [0.29, 0.717) is 0 Å². The van der Waals surface area contributed by atoms with Crippen LogP contribution in [0.3, 0.4) is 0 Å². The van der Waals surface area contributed by atoms with Crippen LogP contribution in [0.2, 0.25) is 0 Å². The largest absolute Gasteiger partial charge is 0.428 e. The highest BCUT2D eigenvalue weighted by Gasteiger charge is 2.29. The van der Waals surface area contributed by atoms with E-state index in [2.05, 4.69) is 10.1 Å². The number of ether oxygens (including phenoxy) is 1. The molecule has 1 aliphatic heterocycles.